The van der Waals surface area contributed by atoms with Crippen molar-refractivity contribution in [1.82, 2.24) is 4.31 Å². The van der Waals surface area contributed by atoms with Gasteiger partial charge in [0.15, 0.2) is 0 Å². The molecule has 0 aliphatic carbocycles. The van der Waals surface area contributed by atoms with Gasteiger partial charge in [0.05, 0.1) is 13.0 Å². The van der Waals surface area contributed by atoms with Gasteiger partial charge in [0.1, 0.15) is 16.5 Å². The lowest BCUT2D eigenvalue weighted by Gasteiger charge is -2.16. The van der Waals surface area contributed by atoms with Gasteiger partial charge in [0, 0.05) is 13.1 Å². The Kier molecular flexibility index (Phi) is 4.05. The number of halogens is 2. The Morgan fingerprint density at radius 2 is 2.10 bits per heavy atom. The smallest absolute Gasteiger partial charge is 0.310 e. The molecular formula is C12H13F2NO4S. The molecule has 2 rings (SSSR count). The number of ether oxygens (including phenoxy) is 1. The molecule has 0 bridgehead atoms. The number of rotatable bonds is 3. The van der Waals surface area contributed by atoms with E-state index in [9.17, 15) is 22.0 Å². The fraction of sp³-hybridized carbons (Fsp3) is 0.417. The van der Waals surface area contributed by atoms with Gasteiger partial charge in [-0.05, 0) is 24.6 Å². The van der Waals surface area contributed by atoms with Crippen molar-refractivity contribution in [3.8, 4) is 0 Å². The maximum absolute atomic E-state index is 13.6. The molecule has 0 radical (unpaired) electrons. The highest BCUT2D eigenvalue weighted by Crippen LogP contribution is 2.26. The zero-order chi connectivity index (χ0) is 14.9. The van der Waals surface area contributed by atoms with Gasteiger partial charge in [-0.2, -0.15) is 4.31 Å². The van der Waals surface area contributed by atoms with Crippen LogP contribution in [0.4, 0.5) is 8.78 Å². The van der Waals surface area contributed by atoms with E-state index in [1.807, 2.05) is 0 Å². The molecule has 1 saturated heterocycles. The molecule has 0 saturated carbocycles. The van der Waals surface area contributed by atoms with Crippen molar-refractivity contribution in [3.63, 3.8) is 0 Å². The molecule has 1 atom stereocenters. The number of hydrogen-bond donors (Lipinski definition) is 0. The van der Waals surface area contributed by atoms with Crippen LogP contribution in [-0.4, -0.2) is 38.9 Å². The first-order valence-electron chi connectivity index (χ1n) is 5.89. The Bertz CT molecular complexity index is 632. The van der Waals surface area contributed by atoms with Crippen LogP contribution in [0.1, 0.15) is 6.42 Å². The predicted octanol–water partition coefficient (Wildman–Crippen LogP) is 1.15. The van der Waals surface area contributed by atoms with E-state index in [1.54, 1.807) is 0 Å². The monoisotopic (exact) mass is 305 g/mol. The molecule has 20 heavy (non-hydrogen) atoms. The largest absolute Gasteiger partial charge is 0.469 e. The second kappa shape index (κ2) is 5.45. The highest BCUT2D eigenvalue weighted by Gasteiger charge is 2.37. The van der Waals surface area contributed by atoms with Crippen molar-refractivity contribution in [3.05, 3.63) is 29.8 Å². The Balaban J connectivity index is 2.28. The molecule has 0 aromatic heterocycles. The number of sulfonamides is 1. The second-order valence-electron chi connectivity index (χ2n) is 4.45. The van der Waals surface area contributed by atoms with E-state index in [2.05, 4.69) is 4.74 Å². The van der Waals surface area contributed by atoms with Crippen molar-refractivity contribution < 1.29 is 26.7 Å². The topological polar surface area (TPSA) is 63.7 Å². The summed E-state index contributed by atoms with van der Waals surface area (Å²) < 4.78 is 56.7. The predicted molar refractivity (Wildman–Crippen MR) is 65.2 cm³/mol. The zero-order valence-corrected chi connectivity index (χ0v) is 11.5. The van der Waals surface area contributed by atoms with Crippen LogP contribution in [0.25, 0.3) is 0 Å². The average molecular weight is 305 g/mol. The summed E-state index contributed by atoms with van der Waals surface area (Å²) in [4.78, 5) is 10.6. The van der Waals surface area contributed by atoms with E-state index in [4.69, 9.17) is 0 Å². The highest BCUT2D eigenvalue weighted by atomic mass is 32.2. The molecule has 1 unspecified atom stereocenters. The van der Waals surface area contributed by atoms with Crippen molar-refractivity contribution in [1.29, 1.82) is 0 Å². The molecule has 8 heteroatoms. The van der Waals surface area contributed by atoms with Crippen molar-refractivity contribution in [2.24, 2.45) is 5.92 Å². The third-order valence-corrected chi connectivity index (χ3v) is 5.08. The third-order valence-electron chi connectivity index (χ3n) is 3.20. The van der Waals surface area contributed by atoms with Gasteiger partial charge in [-0.25, -0.2) is 17.2 Å². The number of benzene rings is 1. The van der Waals surface area contributed by atoms with Gasteiger partial charge < -0.3 is 4.74 Å². The number of hydrogen-bond acceptors (Lipinski definition) is 4. The minimum Gasteiger partial charge on any atom is -0.469 e. The number of esters is 1. The molecule has 0 N–H and O–H groups in total. The standard InChI is InChI=1S/C12H13F2NO4S/c1-19-12(16)8-4-5-15(7-8)20(17,18)11-6-9(13)2-3-10(11)14/h2-3,6,8H,4-5,7H2,1H3. The number of nitrogens with zero attached hydrogens (tertiary/aromatic N) is 1. The Hall–Kier alpha value is -1.54. The lowest BCUT2D eigenvalue weighted by Crippen LogP contribution is -2.31. The summed E-state index contributed by atoms with van der Waals surface area (Å²) in [7, 11) is -2.94. The lowest BCUT2D eigenvalue weighted by molar-refractivity contribution is -0.144. The van der Waals surface area contributed by atoms with Crippen LogP contribution < -0.4 is 0 Å². The van der Waals surface area contributed by atoms with Gasteiger partial charge in [0.25, 0.3) is 0 Å². The third kappa shape index (κ3) is 2.66. The van der Waals surface area contributed by atoms with Gasteiger partial charge >= 0.3 is 5.97 Å². The number of methoxy groups -OCH3 is 1. The van der Waals surface area contributed by atoms with E-state index in [0.29, 0.717) is 12.5 Å². The van der Waals surface area contributed by atoms with Crippen LogP contribution in [0.2, 0.25) is 0 Å². The average Bonchev–Trinajstić information content (AvgIpc) is 2.91. The lowest BCUT2D eigenvalue weighted by atomic mass is 10.1. The molecule has 1 heterocycles. The molecule has 1 aromatic carbocycles. The molecule has 110 valence electrons. The molecule has 1 aliphatic heterocycles. The quantitative estimate of drug-likeness (QED) is 0.786. The van der Waals surface area contributed by atoms with E-state index < -0.39 is 38.4 Å². The molecule has 0 spiro atoms. The Labute approximate surface area is 115 Å². The minimum atomic E-state index is -4.16. The number of carbonyl (C=O) groups is 1. The van der Waals surface area contributed by atoms with Crippen molar-refractivity contribution in [2.45, 2.75) is 11.3 Å². The molecule has 5 nitrogen and oxygen atoms in total. The summed E-state index contributed by atoms with van der Waals surface area (Å²) in [5, 5.41) is 0. The van der Waals surface area contributed by atoms with E-state index in [-0.39, 0.29) is 13.1 Å². The van der Waals surface area contributed by atoms with Crippen LogP contribution in [0.5, 0.6) is 0 Å². The van der Waals surface area contributed by atoms with Crippen molar-refractivity contribution in [2.75, 3.05) is 20.2 Å². The maximum atomic E-state index is 13.6. The van der Waals surface area contributed by atoms with Crippen LogP contribution in [0.15, 0.2) is 23.1 Å². The second-order valence-corrected chi connectivity index (χ2v) is 6.35. The van der Waals surface area contributed by atoms with Gasteiger partial charge in [0.2, 0.25) is 10.0 Å². The minimum absolute atomic E-state index is 0.0675. The summed E-state index contributed by atoms with van der Waals surface area (Å²) in [6, 6.07) is 2.24. The Morgan fingerprint density at radius 1 is 1.40 bits per heavy atom. The van der Waals surface area contributed by atoms with Crippen LogP contribution >= 0.6 is 0 Å². The fourth-order valence-corrected chi connectivity index (χ4v) is 3.70. The highest BCUT2D eigenvalue weighted by molar-refractivity contribution is 7.89. The van der Waals surface area contributed by atoms with E-state index >= 15 is 0 Å². The van der Waals surface area contributed by atoms with Crippen LogP contribution in [-0.2, 0) is 19.6 Å². The van der Waals surface area contributed by atoms with Crippen LogP contribution in [0, 0.1) is 17.6 Å². The van der Waals surface area contributed by atoms with Crippen LogP contribution in [0.3, 0.4) is 0 Å². The van der Waals surface area contributed by atoms with Gasteiger partial charge in [-0.15, -0.1) is 0 Å². The van der Waals surface area contributed by atoms with E-state index in [0.717, 1.165) is 16.4 Å². The fourth-order valence-electron chi connectivity index (χ4n) is 2.12. The van der Waals surface area contributed by atoms with Gasteiger partial charge in [-0.1, -0.05) is 0 Å². The number of carbonyl (C=O) groups excluding carboxylic acids is 1. The molecule has 1 aromatic rings. The first kappa shape index (κ1) is 14.9. The summed E-state index contributed by atoms with van der Waals surface area (Å²) in [6.45, 7) is -0.0248. The molecular weight excluding hydrogens is 292 g/mol. The van der Waals surface area contributed by atoms with Gasteiger partial charge in [-0.3, -0.25) is 4.79 Å². The normalized spacial score (nSPS) is 20.1. The first-order valence-corrected chi connectivity index (χ1v) is 7.33. The molecule has 1 fully saturated rings. The zero-order valence-electron chi connectivity index (χ0n) is 10.7. The van der Waals surface area contributed by atoms with E-state index in [1.165, 1.54) is 7.11 Å². The summed E-state index contributed by atoms with van der Waals surface area (Å²) in [6.07, 6.45) is 0.294. The molecule has 0 amide bonds. The summed E-state index contributed by atoms with van der Waals surface area (Å²) in [5.41, 5.74) is 0. The SMILES string of the molecule is COC(=O)C1CCN(S(=O)(=O)c2cc(F)ccc2F)C1. The molecule has 1 aliphatic rings. The Morgan fingerprint density at radius 3 is 2.75 bits per heavy atom. The van der Waals surface area contributed by atoms with Crippen molar-refractivity contribution >= 4 is 16.0 Å². The summed E-state index contributed by atoms with van der Waals surface area (Å²) >= 11 is 0. The summed E-state index contributed by atoms with van der Waals surface area (Å²) in [5.74, 6) is -2.95. The maximum Gasteiger partial charge on any atom is 0.310 e. The first-order chi connectivity index (χ1) is 9.36.